The van der Waals surface area contributed by atoms with Crippen molar-refractivity contribution >= 4 is 11.6 Å². The van der Waals surface area contributed by atoms with Gasteiger partial charge < -0.3 is 4.74 Å². The number of ether oxygens (including phenoxy) is 1. The van der Waals surface area contributed by atoms with E-state index in [0.29, 0.717) is 6.61 Å². The number of nitrogens with two attached hydrogens (primary N) is 1. The molecule has 0 aliphatic rings. The van der Waals surface area contributed by atoms with Crippen LogP contribution in [-0.2, 0) is 11.2 Å². The summed E-state index contributed by atoms with van der Waals surface area (Å²) in [4.78, 5) is 0. The lowest BCUT2D eigenvalue weighted by Crippen LogP contribution is -2.46. The zero-order chi connectivity index (χ0) is 13.5. The number of halogens is 1. The van der Waals surface area contributed by atoms with E-state index in [1.54, 1.807) is 0 Å². The zero-order valence-electron chi connectivity index (χ0n) is 11.4. The fourth-order valence-corrected chi connectivity index (χ4v) is 2.40. The van der Waals surface area contributed by atoms with Crippen LogP contribution < -0.4 is 11.3 Å². The maximum atomic E-state index is 6.25. The normalized spacial score (nSPS) is 14.5. The molecule has 2 atom stereocenters. The molecule has 0 saturated heterocycles. The Bertz CT molecular complexity index is 371. The topological polar surface area (TPSA) is 47.3 Å². The van der Waals surface area contributed by atoms with Crippen LogP contribution >= 0.6 is 11.6 Å². The summed E-state index contributed by atoms with van der Waals surface area (Å²) in [6.45, 7) is 6.82. The van der Waals surface area contributed by atoms with Crippen LogP contribution in [0.3, 0.4) is 0 Å². The molecule has 0 heterocycles. The second-order valence-corrected chi connectivity index (χ2v) is 4.88. The van der Waals surface area contributed by atoms with Gasteiger partial charge in [-0.2, -0.15) is 0 Å². The third kappa shape index (κ3) is 4.25. The molecular formula is C14H23ClN2O. The number of hydrogen-bond donors (Lipinski definition) is 2. The molecule has 3 N–H and O–H groups in total. The fourth-order valence-electron chi connectivity index (χ4n) is 2.09. The number of benzene rings is 1. The van der Waals surface area contributed by atoms with E-state index in [9.17, 15) is 0 Å². The molecule has 0 aromatic heterocycles. The number of nitrogens with one attached hydrogen (secondary N) is 1. The molecule has 0 bridgehead atoms. The molecule has 0 fully saturated rings. The van der Waals surface area contributed by atoms with Gasteiger partial charge in [0, 0.05) is 11.6 Å². The first-order valence-corrected chi connectivity index (χ1v) is 6.82. The molecule has 102 valence electrons. The summed E-state index contributed by atoms with van der Waals surface area (Å²) in [5.74, 6) is 5.63. The summed E-state index contributed by atoms with van der Waals surface area (Å²) in [5.41, 5.74) is 5.11. The molecule has 0 spiro atoms. The monoisotopic (exact) mass is 270 g/mol. The lowest BCUT2D eigenvalue weighted by atomic mass is 9.99. The van der Waals surface area contributed by atoms with Crippen molar-refractivity contribution in [3.8, 4) is 0 Å². The van der Waals surface area contributed by atoms with Crippen molar-refractivity contribution in [3.63, 3.8) is 0 Å². The summed E-state index contributed by atoms with van der Waals surface area (Å²) < 4.78 is 5.69. The third-order valence-electron chi connectivity index (χ3n) is 3.09. The van der Waals surface area contributed by atoms with Crippen LogP contribution in [0.5, 0.6) is 0 Å². The highest BCUT2D eigenvalue weighted by atomic mass is 35.5. The lowest BCUT2D eigenvalue weighted by Gasteiger charge is -2.26. The van der Waals surface area contributed by atoms with Crippen LogP contribution in [0.25, 0.3) is 0 Å². The van der Waals surface area contributed by atoms with Crippen molar-refractivity contribution in [3.05, 3.63) is 34.3 Å². The number of hydrazine groups is 1. The summed E-state index contributed by atoms with van der Waals surface area (Å²) in [5, 5.41) is 0.793. The minimum atomic E-state index is 0.0788. The average Bonchev–Trinajstić information content (AvgIpc) is 2.36. The third-order valence-corrected chi connectivity index (χ3v) is 3.45. The second-order valence-electron chi connectivity index (χ2n) is 4.47. The van der Waals surface area contributed by atoms with E-state index in [2.05, 4.69) is 24.5 Å². The Kier molecular flexibility index (Phi) is 6.65. The van der Waals surface area contributed by atoms with Crippen molar-refractivity contribution in [2.45, 2.75) is 45.8 Å². The predicted molar refractivity (Wildman–Crippen MR) is 76.7 cm³/mol. The standard InChI is InChI=1S/C14H23ClN2O/c1-4-14(18-5-2)13(17-16)9-11-7-6-10(3)8-12(11)15/h6-8,13-14,17H,4-5,9,16H2,1-3H3. The minimum absolute atomic E-state index is 0.0788. The van der Waals surface area contributed by atoms with Crippen molar-refractivity contribution in [2.75, 3.05) is 6.61 Å². The van der Waals surface area contributed by atoms with E-state index in [1.165, 1.54) is 0 Å². The summed E-state index contributed by atoms with van der Waals surface area (Å²) in [7, 11) is 0. The largest absolute Gasteiger partial charge is 0.377 e. The quantitative estimate of drug-likeness (QED) is 0.592. The van der Waals surface area contributed by atoms with Crippen LogP contribution in [0.4, 0.5) is 0 Å². The van der Waals surface area contributed by atoms with E-state index in [-0.39, 0.29) is 12.1 Å². The molecule has 0 amide bonds. The molecule has 1 rings (SSSR count). The molecule has 1 aromatic rings. The Morgan fingerprint density at radius 1 is 1.39 bits per heavy atom. The van der Waals surface area contributed by atoms with Gasteiger partial charge in [0.05, 0.1) is 12.1 Å². The average molecular weight is 271 g/mol. The predicted octanol–water partition coefficient (Wildman–Crippen LogP) is 2.84. The molecule has 0 aliphatic carbocycles. The number of hydrogen-bond acceptors (Lipinski definition) is 3. The Morgan fingerprint density at radius 3 is 2.61 bits per heavy atom. The summed E-state index contributed by atoms with van der Waals surface area (Å²) >= 11 is 6.25. The molecule has 0 aliphatic heterocycles. The lowest BCUT2D eigenvalue weighted by molar-refractivity contribution is 0.0319. The molecule has 3 nitrogen and oxygen atoms in total. The highest BCUT2D eigenvalue weighted by molar-refractivity contribution is 6.31. The molecular weight excluding hydrogens is 248 g/mol. The van der Waals surface area contributed by atoms with Crippen molar-refractivity contribution in [1.29, 1.82) is 0 Å². The van der Waals surface area contributed by atoms with E-state index in [4.69, 9.17) is 22.2 Å². The highest BCUT2D eigenvalue weighted by Gasteiger charge is 2.20. The van der Waals surface area contributed by atoms with Gasteiger partial charge in [-0.15, -0.1) is 0 Å². The van der Waals surface area contributed by atoms with Crippen molar-refractivity contribution in [1.82, 2.24) is 5.43 Å². The summed E-state index contributed by atoms with van der Waals surface area (Å²) in [6.07, 6.45) is 1.80. The van der Waals surface area contributed by atoms with E-state index < -0.39 is 0 Å². The van der Waals surface area contributed by atoms with Gasteiger partial charge in [-0.1, -0.05) is 30.7 Å². The first-order valence-electron chi connectivity index (χ1n) is 6.45. The Balaban J connectivity index is 2.78. The van der Waals surface area contributed by atoms with Crippen molar-refractivity contribution in [2.24, 2.45) is 5.84 Å². The SMILES string of the molecule is CCOC(CC)C(Cc1ccc(C)cc1Cl)NN. The Hall–Kier alpha value is -0.610. The maximum absolute atomic E-state index is 6.25. The van der Waals surface area contributed by atoms with Gasteiger partial charge in [0.25, 0.3) is 0 Å². The van der Waals surface area contributed by atoms with E-state index >= 15 is 0 Å². The molecule has 0 saturated carbocycles. The first kappa shape index (κ1) is 15.4. The van der Waals surface area contributed by atoms with Crippen molar-refractivity contribution < 1.29 is 4.74 Å². The van der Waals surface area contributed by atoms with E-state index in [0.717, 1.165) is 29.0 Å². The van der Waals surface area contributed by atoms with Crippen LogP contribution in [0, 0.1) is 6.92 Å². The number of aryl methyl sites for hydroxylation is 1. The Labute approximate surface area is 115 Å². The van der Waals surface area contributed by atoms with Gasteiger partial charge in [-0.05, 0) is 43.9 Å². The van der Waals surface area contributed by atoms with E-state index in [1.807, 2.05) is 19.9 Å². The van der Waals surface area contributed by atoms with Crippen LogP contribution in [0.15, 0.2) is 18.2 Å². The molecule has 0 radical (unpaired) electrons. The molecule has 4 heteroatoms. The number of rotatable bonds is 7. The van der Waals surface area contributed by atoms with Gasteiger partial charge in [0.2, 0.25) is 0 Å². The van der Waals surface area contributed by atoms with Crippen LogP contribution in [0.2, 0.25) is 5.02 Å². The zero-order valence-corrected chi connectivity index (χ0v) is 12.1. The molecule has 18 heavy (non-hydrogen) atoms. The maximum Gasteiger partial charge on any atom is 0.0741 e. The van der Waals surface area contributed by atoms with Gasteiger partial charge in [0.15, 0.2) is 0 Å². The van der Waals surface area contributed by atoms with Gasteiger partial charge in [0.1, 0.15) is 0 Å². The smallest absolute Gasteiger partial charge is 0.0741 e. The van der Waals surface area contributed by atoms with Crippen LogP contribution in [0.1, 0.15) is 31.4 Å². The van der Waals surface area contributed by atoms with Gasteiger partial charge in [-0.3, -0.25) is 11.3 Å². The Morgan fingerprint density at radius 2 is 2.11 bits per heavy atom. The molecule has 1 aromatic carbocycles. The van der Waals surface area contributed by atoms with Crippen LogP contribution in [-0.4, -0.2) is 18.8 Å². The summed E-state index contributed by atoms with van der Waals surface area (Å²) in [6, 6.07) is 6.18. The first-order chi connectivity index (χ1) is 8.62. The second kappa shape index (κ2) is 7.74. The highest BCUT2D eigenvalue weighted by Crippen LogP contribution is 2.20. The van der Waals surface area contributed by atoms with Gasteiger partial charge >= 0.3 is 0 Å². The minimum Gasteiger partial charge on any atom is -0.377 e. The fraction of sp³-hybridized carbons (Fsp3) is 0.571. The van der Waals surface area contributed by atoms with Gasteiger partial charge in [-0.25, -0.2) is 0 Å². The molecule has 2 unspecified atom stereocenters.